The summed E-state index contributed by atoms with van der Waals surface area (Å²) in [5.41, 5.74) is 1.77. The molecule has 2 amide bonds. The lowest BCUT2D eigenvalue weighted by Gasteiger charge is -2.13. The summed E-state index contributed by atoms with van der Waals surface area (Å²) in [5.74, 6) is 0.671. The van der Waals surface area contributed by atoms with E-state index in [1.165, 1.54) is 0 Å². The first-order chi connectivity index (χ1) is 12.3. The van der Waals surface area contributed by atoms with Gasteiger partial charge >= 0.3 is 0 Å². The maximum absolute atomic E-state index is 12.0. The van der Waals surface area contributed by atoms with Crippen molar-refractivity contribution in [1.82, 2.24) is 20.9 Å². The van der Waals surface area contributed by atoms with Crippen LogP contribution in [0.5, 0.6) is 0 Å². The fourth-order valence-electron chi connectivity index (χ4n) is 2.35. The zero-order chi connectivity index (χ0) is 19.5. The lowest BCUT2D eigenvalue weighted by molar-refractivity contribution is -0.121. The van der Waals surface area contributed by atoms with E-state index in [2.05, 4.69) is 20.9 Å². The van der Waals surface area contributed by atoms with Crippen molar-refractivity contribution >= 4 is 41.8 Å². The van der Waals surface area contributed by atoms with E-state index in [1.807, 2.05) is 38.1 Å². The number of hydrogen-bond acceptors (Lipinski definition) is 3. The Hall–Kier alpha value is -1.84. The average molecular weight is 489 g/mol. The van der Waals surface area contributed by atoms with E-state index in [-0.39, 0.29) is 41.8 Å². The van der Waals surface area contributed by atoms with Crippen molar-refractivity contribution in [1.29, 1.82) is 0 Å². The quantitative estimate of drug-likeness (QED) is 0.295. The average Bonchev–Trinajstić information content (AvgIpc) is 2.59. The summed E-state index contributed by atoms with van der Waals surface area (Å²) in [7, 11) is 5.18. The van der Waals surface area contributed by atoms with Gasteiger partial charge in [0.2, 0.25) is 5.91 Å². The molecule has 8 heteroatoms. The van der Waals surface area contributed by atoms with Crippen molar-refractivity contribution < 1.29 is 9.59 Å². The van der Waals surface area contributed by atoms with Gasteiger partial charge in [-0.05, 0) is 38.0 Å². The number of benzene rings is 1. The molecule has 1 aromatic carbocycles. The molecule has 0 spiro atoms. The number of carbonyl (C=O) groups excluding carboxylic acids is 2. The third-order valence-electron chi connectivity index (χ3n) is 3.60. The van der Waals surface area contributed by atoms with Crippen molar-refractivity contribution in [2.24, 2.45) is 4.99 Å². The number of amides is 2. The molecular formula is C19H32IN5O2. The van der Waals surface area contributed by atoms with Crippen LogP contribution in [0.1, 0.15) is 36.2 Å². The second kappa shape index (κ2) is 13.3. The molecule has 0 radical (unpaired) electrons. The molecule has 27 heavy (non-hydrogen) atoms. The fourth-order valence-corrected chi connectivity index (χ4v) is 2.35. The molecule has 1 aromatic rings. The molecule has 0 bridgehead atoms. The van der Waals surface area contributed by atoms with Crippen molar-refractivity contribution in [2.75, 3.05) is 34.2 Å². The number of guanidine groups is 1. The predicted octanol–water partition coefficient (Wildman–Crippen LogP) is 1.63. The number of aliphatic imine (C=N–C) groups is 1. The predicted molar refractivity (Wildman–Crippen MR) is 121 cm³/mol. The Bertz CT molecular complexity index is 632. The van der Waals surface area contributed by atoms with E-state index in [0.717, 1.165) is 12.0 Å². The van der Waals surface area contributed by atoms with Crippen molar-refractivity contribution in [3.63, 3.8) is 0 Å². The Labute approximate surface area is 179 Å². The van der Waals surface area contributed by atoms with Crippen LogP contribution in [-0.4, -0.2) is 62.9 Å². The molecule has 0 aliphatic heterocycles. The SMILES string of the molecule is CN=C(NCCC(=O)NC(C)C)NCCc1cccc(C(=O)N(C)C)c1.I. The number of rotatable bonds is 8. The summed E-state index contributed by atoms with van der Waals surface area (Å²) >= 11 is 0. The lowest BCUT2D eigenvalue weighted by atomic mass is 10.1. The highest BCUT2D eigenvalue weighted by atomic mass is 127. The van der Waals surface area contributed by atoms with Gasteiger partial charge in [0.15, 0.2) is 5.96 Å². The Balaban J connectivity index is 0.00000676. The third kappa shape index (κ3) is 10.2. The first-order valence-corrected chi connectivity index (χ1v) is 8.88. The minimum absolute atomic E-state index is 0. The molecule has 0 aliphatic carbocycles. The van der Waals surface area contributed by atoms with Gasteiger partial charge in [-0.2, -0.15) is 0 Å². The Morgan fingerprint density at radius 1 is 1.15 bits per heavy atom. The van der Waals surface area contributed by atoms with E-state index in [4.69, 9.17) is 0 Å². The highest BCUT2D eigenvalue weighted by Crippen LogP contribution is 2.07. The second-order valence-corrected chi connectivity index (χ2v) is 6.55. The second-order valence-electron chi connectivity index (χ2n) is 6.55. The summed E-state index contributed by atoms with van der Waals surface area (Å²) in [5, 5.41) is 9.19. The third-order valence-corrected chi connectivity index (χ3v) is 3.60. The van der Waals surface area contributed by atoms with Crippen LogP contribution in [0.15, 0.2) is 29.3 Å². The van der Waals surface area contributed by atoms with Crippen LogP contribution >= 0.6 is 24.0 Å². The number of carbonyl (C=O) groups is 2. The van der Waals surface area contributed by atoms with E-state index in [1.54, 1.807) is 26.0 Å². The van der Waals surface area contributed by atoms with Crippen LogP contribution in [0.25, 0.3) is 0 Å². The smallest absolute Gasteiger partial charge is 0.253 e. The fraction of sp³-hybridized carbons (Fsp3) is 0.526. The van der Waals surface area contributed by atoms with Gasteiger partial charge in [0, 0.05) is 52.3 Å². The molecular weight excluding hydrogens is 457 g/mol. The summed E-state index contributed by atoms with van der Waals surface area (Å²) in [4.78, 5) is 29.3. The zero-order valence-electron chi connectivity index (χ0n) is 16.8. The lowest BCUT2D eigenvalue weighted by Crippen LogP contribution is -2.40. The van der Waals surface area contributed by atoms with Gasteiger partial charge in [0.05, 0.1) is 0 Å². The molecule has 0 aromatic heterocycles. The molecule has 0 atom stereocenters. The van der Waals surface area contributed by atoms with Crippen LogP contribution in [-0.2, 0) is 11.2 Å². The van der Waals surface area contributed by atoms with E-state index < -0.39 is 0 Å². The number of nitrogens with zero attached hydrogens (tertiary/aromatic N) is 2. The molecule has 3 N–H and O–H groups in total. The minimum atomic E-state index is -0.00281. The normalized spacial score (nSPS) is 10.8. The van der Waals surface area contributed by atoms with Gasteiger partial charge in [0.25, 0.3) is 5.91 Å². The minimum Gasteiger partial charge on any atom is -0.356 e. The van der Waals surface area contributed by atoms with Crippen molar-refractivity contribution in [3.8, 4) is 0 Å². The first-order valence-electron chi connectivity index (χ1n) is 8.88. The van der Waals surface area contributed by atoms with E-state index in [0.29, 0.717) is 31.0 Å². The Morgan fingerprint density at radius 2 is 1.81 bits per heavy atom. The molecule has 0 saturated carbocycles. The van der Waals surface area contributed by atoms with Gasteiger partial charge < -0.3 is 20.9 Å². The molecule has 7 nitrogen and oxygen atoms in total. The molecule has 0 aliphatic rings. The number of hydrogen-bond donors (Lipinski definition) is 3. The van der Waals surface area contributed by atoms with Crippen LogP contribution in [0.2, 0.25) is 0 Å². The molecule has 0 fully saturated rings. The van der Waals surface area contributed by atoms with Crippen molar-refractivity contribution in [3.05, 3.63) is 35.4 Å². The van der Waals surface area contributed by atoms with Crippen LogP contribution in [0, 0.1) is 0 Å². The molecule has 0 unspecified atom stereocenters. The molecule has 152 valence electrons. The van der Waals surface area contributed by atoms with Gasteiger partial charge in [-0.25, -0.2) is 0 Å². The summed E-state index contributed by atoms with van der Waals surface area (Å²) in [6.07, 6.45) is 1.16. The topological polar surface area (TPSA) is 85.8 Å². The van der Waals surface area contributed by atoms with E-state index in [9.17, 15) is 9.59 Å². The Kier molecular flexibility index (Phi) is 12.4. The van der Waals surface area contributed by atoms with Crippen LogP contribution in [0.4, 0.5) is 0 Å². The van der Waals surface area contributed by atoms with Gasteiger partial charge in [0.1, 0.15) is 0 Å². The first kappa shape index (κ1) is 25.2. The van der Waals surface area contributed by atoms with Crippen LogP contribution < -0.4 is 16.0 Å². The van der Waals surface area contributed by atoms with Crippen molar-refractivity contribution in [2.45, 2.75) is 32.7 Å². The summed E-state index contributed by atoms with van der Waals surface area (Å²) < 4.78 is 0. The van der Waals surface area contributed by atoms with E-state index >= 15 is 0 Å². The number of halogens is 1. The number of nitrogens with one attached hydrogen (secondary N) is 3. The molecule has 1 rings (SSSR count). The largest absolute Gasteiger partial charge is 0.356 e. The molecule has 0 heterocycles. The highest BCUT2D eigenvalue weighted by Gasteiger charge is 2.08. The van der Waals surface area contributed by atoms with Gasteiger partial charge in [-0.15, -0.1) is 24.0 Å². The standard InChI is InChI=1S/C19H31N5O2.HI/c1-14(2)23-17(25)10-12-22-19(20-3)21-11-9-15-7-6-8-16(13-15)18(26)24(4)5;/h6-8,13-14H,9-12H2,1-5H3,(H,23,25)(H2,20,21,22);1H. The summed E-state index contributed by atoms with van der Waals surface area (Å²) in [6.45, 7) is 5.07. The maximum atomic E-state index is 12.0. The van der Waals surface area contributed by atoms with Gasteiger partial charge in [-0.3, -0.25) is 14.6 Å². The zero-order valence-corrected chi connectivity index (χ0v) is 19.2. The Morgan fingerprint density at radius 3 is 2.41 bits per heavy atom. The molecule has 0 saturated heterocycles. The van der Waals surface area contributed by atoms with Crippen LogP contribution in [0.3, 0.4) is 0 Å². The highest BCUT2D eigenvalue weighted by molar-refractivity contribution is 14.0. The monoisotopic (exact) mass is 489 g/mol. The summed E-state index contributed by atoms with van der Waals surface area (Å²) in [6, 6.07) is 7.78. The van der Waals surface area contributed by atoms with Gasteiger partial charge in [-0.1, -0.05) is 12.1 Å². The maximum Gasteiger partial charge on any atom is 0.253 e.